The van der Waals surface area contributed by atoms with Crippen LogP contribution in [0.4, 0.5) is 0 Å². The number of aryl methyl sites for hydroxylation is 2. The maximum absolute atomic E-state index is 6.20. The van der Waals surface area contributed by atoms with Crippen molar-refractivity contribution in [2.24, 2.45) is 5.73 Å². The summed E-state index contributed by atoms with van der Waals surface area (Å²) in [6.45, 7) is 4.17. The van der Waals surface area contributed by atoms with Crippen LogP contribution < -0.4 is 5.73 Å². The topological polar surface area (TPSA) is 38.9 Å². The fraction of sp³-hybridized carbons (Fsp3) is 0.214. The van der Waals surface area contributed by atoms with Gasteiger partial charge < -0.3 is 5.73 Å². The van der Waals surface area contributed by atoms with Gasteiger partial charge in [0.05, 0.1) is 11.7 Å². The molecule has 0 aliphatic carbocycles. The second-order valence-electron chi connectivity index (χ2n) is 4.09. The largest absolute Gasteiger partial charge is 0.319 e. The first-order valence-corrected chi connectivity index (χ1v) is 5.42. The predicted molar refractivity (Wildman–Crippen MR) is 80.7 cm³/mol. The third kappa shape index (κ3) is 3.70. The number of halogens is 2. The van der Waals surface area contributed by atoms with Gasteiger partial charge in [-0.2, -0.15) is 0 Å². The maximum Gasteiger partial charge on any atom is 0.0728 e. The number of hydrogen-bond donors (Lipinski definition) is 1. The van der Waals surface area contributed by atoms with E-state index in [4.69, 9.17) is 5.73 Å². The summed E-state index contributed by atoms with van der Waals surface area (Å²) < 4.78 is 0. The van der Waals surface area contributed by atoms with Crippen molar-refractivity contribution < 1.29 is 0 Å². The summed E-state index contributed by atoms with van der Waals surface area (Å²) in [5, 5.41) is 0. The molecule has 1 aromatic carbocycles. The van der Waals surface area contributed by atoms with Gasteiger partial charge in [-0.25, -0.2) is 0 Å². The third-order valence-corrected chi connectivity index (χ3v) is 2.77. The summed E-state index contributed by atoms with van der Waals surface area (Å²) in [5.74, 6) is 0. The van der Waals surface area contributed by atoms with E-state index in [2.05, 4.69) is 37.0 Å². The molecule has 2 nitrogen and oxygen atoms in total. The van der Waals surface area contributed by atoms with E-state index >= 15 is 0 Å². The van der Waals surface area contributed by atoms with E-state index < -0.39 is 0 Å². The quantitative estimate of drug-likeness (QED) is 0.915. The van der Waals surface area contributed by atoms with Crippen LogP contribution in [0.25, 0.3) is 0 Å². The molecule has 1 heterocycles. The standard InChI is InChI=1S/C14H16N2.2ClH/c1-10-6-7-12(11(2)9-10)14(15)13-5-3-4-8-16-13;;/h3-9,14H,15H2,1-2H3;2*1H. The van der Waals surface area contributed by atoms with Crippen LogP contribution >= 0.6 is 24.8 Å². The Kier molecular flexibility index (Phi) is 6.92. The number of benzene rings is 1. The molecular weight excluding hydrogens is 267 g/mol. The Morgan fingerprint density at radius 3 is 2.33 bits per heavy atom. The first-order valence-electron chi connectivity index (χ1n) is 5.42. The van der Waals surface area contributed by atoms with Crippen molar-refractivity contribution in [2.75, 3.05) is 0 Å². The Morgan fingerprint density at radius 1 is 1.06 bits per heavy atom. The molecule has 0 radical (unpaired) electrons. The van der Waals surface area contributed by atoms with Crippen LogP contribution in [0.5, 0.6) is 0 Å². The van der Waals surface area contributed by atoms with E-state index in [1.54, 1.807) is 6.20 Å². The lowest BCUT2D eigenvalue weighted by molar-refractivity contribution is 0.820. The minimum absolute atomic E-state index is 0. The molecule has 2 N–H and O–H groups in total. The highest BCUT2D eigenvalue weighted by atomic mass is 35.5. The minimum Gasteiger partial charge on any atom is -0.319 e. The van der Waals surface area contributed by atoms with Crippen LogP contribution in [-0.4, -0.2) is 4.98 Å². The molecule has 4 heteroatoms. The van der Waals surface area contributed by atoms with Crippen LogP contribution in [0.1, 0.15) is 28.4 Å². The second kappa shape index (κ2) is 7.37. The zero-order chi connectivity index (χ0) is 11.5. The van der Waals surface area contributed by atoms with E-state index in [0.717, 1.165) is 11.3 Å². The smallest absolute Gasteiger partial charge is 0.0728 e. The van der Waals surface area contributed by atoms with Crippen LogP contribution in [0.2, 0.25) is 0 Å². The summed E-state index contributed by atoms with van der Waals surface area (Å²) in [6, 6.07) is 12.0. The van der Waals surface area contributed by atoms with Gasteiger partial charge in [0.15, 0.2) is 0 Å². The van der Waals surface area contributed by atoms with Gasteiger partial charge in [0.2, 0.25) is 0 Å². The molecule has 98 valence electrons. The molecule has 18 heavy (non-hydrogen) atoms. The lowest BCUT2D eigenvalue weighted by atomic mass is 9.97. The molecular formula is C14H18Cl2N2. The predicted octanol–water partition coefficient (Wildman–Crippen LogP) is 3.59. The van der Waals surface area contributed by atoms with Gasteiger partial charge in [0.1, 0.15) is 0 Å². The van der Waals surface area contributed by atoms with Gasteiger partial charge in [-0.3, -0.25) is 4.98 Å². The molecule has 1 atom stereocenters. The molecule has 0 saturated heterocycles. The van der Waals surface area contributed by atoms with Crippen LogP contribution in [0.3, 0.4) is 0 Å². The van der Waals surface area contributed by atoms with Crippen LogP contribution in [-0.2, 0) is 0 Å². The Morgan fingerprint density at radius 2 is 1.78 bits per heavy atom. The van der Waals surface area contributed by atoms with Crippen molar-refractivity contribution in [1.29, 1.82) is 0 Å². The van der Waals surface area contributed by atoms with Crippen LogP contribution in [0, 0.1) is 13.8 Å². The zero-order valence-electron chi connectivity index (χ0n) is 10.5. The summed E-state index contributed by atoms with van der Waals surface area (Å²) in [4.78, 5) is 4.29. The van der Waals surface area contributed by atoms with Gasteiger partial charge in [-0.05, 0) is 37.1 Å². The van der Waals surface area contributed by atoms with E-state index in [9.17, 15) is 0 Å². The molecule has 1 unspecified atom stereocenters. The Hall–Kier alpha value is -1.09. The van der Waals surface area contributed by atoms with Crippen LogP contribution in [0.15, 0.2) is 42.6 Å². The van der Waals surface area contributed by atoms with Gasteiger partial charge in [-0.15, -0.1) is 24.8 Å². The SMILES string of the molecule is Cc1ccc(C(N)c2ccccn2)c(C)c1.Cl.Cl. The Balaban J connectivity index is 0.00000144. The number of nitrogens with zero attached hydrogens (tertiary/aromatic N) is 1. The second-order valence-corrected chi connectivity index (χ2v) is 4.09. The van der Waals surface area contributed by atoms with Gasteiger partial charge >= 0.3 is 0 Å². The molecule has 0 bridgehead atoms. The lowest BCUT2D eigenvalue weighted by Crippen LogP contribution is -2.14. The average Bonchev–Trinajstić information content (AvgIpc) is 2.29. The molecule has 2 aromatic rings. The highest BCUT2D eigenvalue weighted by molar-refractivity contribution is 5.85. The first-order chi connectivity index (χ1) is 7.68. The van der Waals surface area contributed by atoms with E-state index in [0.29, 0.717) is 0 Å². The van der Waals surface area contributed by atoms with E-state index in [1.165, 1.54) is 11.1 Å². The van der Waals surface area contributed by atoms with Crippen molar-refractivity contribution in [1.82, 2.24) is 4.98 Å². The Labute approximate surface area is 120 Å². The fourth-order valence-corrected chi connectivity index (χ4v) is 1.89. The molecule has 1 aromatic heterocycles. The number of hydrogen-bond acceptors (Lipinski definition) is 2. The average molecular weight is 285 g/mol. The maximum atomic E-state index is 6.20. The molecule has 0 amide bonds. The van der Waals surface area contributed by atoms with Crippen molar-refractivity contribution in [2.45, 2.75) is 19.9 Å². The minimum atomic E-state index is -0.137. The highest BCUT2D eigenvalue weighted by Gasteiger charge is 2.11. The monoisotopic (exact) mass is 284 g/mol. The van der Waals surface area contributed by atoms with Gasteiger partial charge in [-0.1, -0.05) is 29.8 Å². The van der Waals surface area contributed by atoms with Crippen molar-refractivity contribution in [3.8, 4) is 0 Å². The Bertz CT molecular complexity index is 486. The molecule has 0 saturated carbocycles. The third-order valence-electron chi connectivity index (χ3n) is 2.77. The van der Waals surface area contributed by atoms with Gasteiger partial charge in [0, 0.05) is 6.20 Å². The molecule has 2 rings (SSSR count). The molecule has 0 aliphatic heterocycles. The number of aromatic nitrogens is 1. The van der Waals surface area contributed by atoms with Crippen molar-refractivity contribution >= 4 is 24.8 Å². The summed E-state index contributed by atoms with van der Waals surface area (Å²) in [6.07, 6.45) is 1.78. The summed E-state index contributed by atoms with van der Waals surface area (Å²) in [5.41, 5.74) is 10.7. The van der Waals surface area contributed by atoms with Crippen molar-refractivity contribution in [3.05, 3.63) is 65.0 Å². The normalized spacial score (nSPS) is 11.1. The first kappa shape index (κ1) is 16.9. The zero-order valence-corrected chi connectivity index (χ0v) is 12.1. The number of pyridine rings is 1. The lowest BCUT2D eigenvalue weighted by Gasteiger charge is -2.14. The van der Waals surface area contributed by atoms with Crippen molar-refractivity contribution in [3.63, 3.8) is 0 Å². The van der Waals surface area contributed by atoms with E-state index in [-0.39, 0.29) is 30.9 Å². The van der Waals surface area contributed by atoms with Gasteiger partial charge in [0.25, 0.3) is 0 Å². The number of rotatable bonds is 2. The molecule has 0 aliphatic rings. The summed E-state index contributed by atoms with van der Waals surface area (Å²) >= 11 is 0. The van der Waals surface area contributed by atoms with E-state index in [1.807, 2.05) is 18.2 Å². The fourth-order valence-electron chi connectivity index (χ4n) is 1.89. The summed E-state index contributed by atoms with van der Waals surface area (Å²) in [7, 11) is 0. The number of nitrogens with two attached hydrogens (primary N) is 1. The molecule has 0 spiro atoms. The highest BCUT2D eigenvalue weighted by Crippen LogP contribution is 2.21. The molecule has 0 fully saturated rings.